The number of hydrogen-bond donors (Lipinski definition) is 2. The van der Waals surface area contributed by atoms with Crippen molar-refractivity contribution < 1.29 is 0 Å². The molecule has 1 atom stereocenters. The molecular weight excluding hydrogens is 356 g/mol. The van der Waals surface area contributed by atoms with Gasteiger partial charge in [-0.15, -0.1) is 11.8 Å². The summed E-state index contributed by atoms with van der Waals surface area (Å²) in [5.74, 6) is 1.53. The lowest BCUT2D eigenvalue weighted by atomic mass is 10.1. The van der Waals surface area contributed by atoms with Crippen LogP contribution in [0.2, 0.25) is 5.02 Å². The Hall–Kier alpha value is -1.23. The van der Waals surface area contributed by atoms with Gasteiger partial charge in [-0.3, -0.25) is 0 Å². The van der Waals surface area contributed by atoms with Crippen molar-refractivity contribution in [2.45, 2.75) is 25.7 Å². The summed E-state index contributed by atoms with van der Waals surface area (Å²) < 4.78 is 0. The molecule has 0 aliphatic rings. The van der Waals surface area contributed by atoms with Crippen LogP contribution in [-0.2, 0) is 0 Å². The van der Waals surface area contributed by atoms with Crippen LogP contribution >= 0.6 is 35.6 Å². The van der Waals surface area contributed by atoms with Gasteiger partial charge in [-0.25, -0.2) is 0 Å². The largest absolute Gasteiger partial charge is 0.362 e. The first kappa shape index (κ1) is 19.1. The number of hydrogen-bond acceptors (Lipinski definition) is 2. The molecule has 2 N–H and O–H groups in total. The molecule has 2 aromatic carbocycles. The summed E-state index contributed by atoms with van der Waals surface area (Å²) in [7, 11) is 0. The van der Waals surface area contributed by atoms with Crippen molar-refractivity contribution >= 4 is 46.4 Å². The van der Waals surface area contributed by atoms with Gasteiger partial charge in [-0.2, -0.15) is 0 Å². The molecule has 2 rings (SSSR count). The predicted octanol–water partition coefficient (Wildman–Crippen LogP) is 5.67. The van der Waals surface area contributed by atoms with Crippen molar-refractivity contribution in [3.05, 3.63) is 58.6 Å². The first-order chi connectivity index (χ1) is 11.4. The molecule has 0 fully saturated rings. The molecule has 0 aliphatic carbocycles. The number of thiocarbonyl (C=S) groups is 1. The van der Waals surface area contributed by atoms with Crippen LogP contribution in [0.1, 0.15) is 18.1 Å². The third-order valence-electron chi connectivity index (χ3n) is 3.60. The van der Waals surface area contributed by atoms with Crippen LogP contribution in [0.3, 0.4) is 0 Å². The van der Waals surface area contributed by atoms with Gasteiger partial charge in [0.25, 0.3) is 0 Å². The normalized spacial score (nSPS) is 11.8. The van der Waals surface area contributed by atoms with Crippen LogP contribution in [0.25, 0.3) is 0 Å². The van der Waals surface area contributed by atoms with E-state index in [1.165, 1.54) is 16.0 Å². The first-order valence-corrected chi connectivity index (χ1v) is 9.71. The van der Waals surface area contributed by atoms with Gasteiger partial charge in [0.05, 0.1) is 0 Å². The van der Waals surface area contributed by atoms with E-state index in [1.54, 1.807) is 0 Å². The molecule has 0 saturated heterocycles. The van der Waals surface area contributed by atoms with Gasteiger partial charge in [0.15, 0.2) is 5.11 Å². The lowest BCUT2D eigenvalue weighted by Crippen LogP contribution is -2.33. The van der Waals surface area contributed by atoms with Gasteiger partial charge in [0.1, 0.15) is 0 Å². The Labute approximate surface area is 159 Å². The molecule has 5 heteroatoms. The van der Waals surface area contributed by atoms with Crippen molar-refractivity contribution in [2.75, 3.05) is 17.6 Å². The third kappa shape index (κ3) is 6.34. The Kier molecular flexibility index (Phi) is 7.40. The summed E-state index contributed by atoms with van der Waals surface area (Å²) in [4.78, 5) is 1.24. The van der Waals surface area contributed by atoms with Crippen LogP contribution < -0.4 is 10.6 Å². The molecule has 0 aromatic heterocycles. The zero-order chi connectivity index (χ0) is 17.5. The van der Waals surface area contributed by atoms with Gasteiger partial charge in [0, 0.05) is 27.9 Å². The number of anilines is 1. The average Bonchev–Trinajstić information content (AvgIpc) is 2.56. The Morgan fingerprint density at radius 3 is 2.58 bits per heavy atom. The molecule has 0 unspecified atom stereocenters. The van der Waals surface area contributed by atoms with E-state index in [4.69, 9.17) is 23.8 Å². The quantitative estimate of drug-likeness (QED) is 0.499. The van der Waals surface area contributed by atoms with Crippen molar-refractivity contribution in [3.63, 3.8) is 0 Å². The molecule has 24 heavy (non-hydrogen) atoms. The second-order valence-corrected chi connectivity index (χ2v) is 7.96. The van der Waals surface area contributed by atoms with Crippen LogP contribution in [0.15, 0.2) is 47.4 Å². The molecule has 0 spiro atoms. The summed E-state index contributed by atoms with van der Waals surface area (Å²) in [6.45, 7) is 7.22. The summed E-state index contributed by atoms with van der Waals surface area (Å²) in [5, 5.41) is 8.04. The molecule has 2 aromatic rings. The highest BCUT2D eigenvalue weighted by atomic mass is 35.5. The zero-order valence-corrected chi connectivity index (χ0v) is 16.6. The number of halogens is 1. The summed E-state index contributed by atoms with van der Waals surface area (Å²) >= 11 is 13.1. The van der Waals surface area contributed by atoms with Crippen LogP contribution in [0.4, 0.5) is 5.69 Å². The minimum Gasteiger partial charge on any atom is -0.362 e. The molecular formula is C19H23ClN2S2. The van der Waals surface area contributed by atoms with E-state index in [9.17, 15) is 0 Å². The number of benzene rings is 2. The molecule has 0 radical (unpaired) electrons. The van der Waals surface area contributed by atoms with Crippen LogP contribution in [-0.4, -0.2) is 17.4 Å². The van der Waals surface area contributed by atoms with Gasteiger partial charge >= 0.3 is 0 Å². The third-order valence-corrected chi connectivity index (χ3v) is 5.44. The van der Waals surface area contributed by atoms with Crippen molar-refractivity contribution in [1.82, 2.24) is 5.32 Å². The van der Waals surface area contributed by atoms with E-state index < -0.39 is 0 Å². The number of thioether (sulfide) groups is 1. The van der Waals surface area contributed by atoms with Crippen molar-refractivity contribution in [3.8, 4) is 0 Å². The van der Waals surface area contributed by atoms with Crippen molar-refractivity contribution in [1.29, 1.82) is 0 Å². The van der Waals surface area contributed by atoms with Gasteiger partial charge in [-0.05, 0) is 73.4 Å². The fourth-order valence-corrected chi connectivity index (χ4v) is 3.37. The van der Waals surface area contributed by atoms with Gasteiger partial charge in [0.2, 0.25) is 0 Å². The Balaban J connectivity index is 1.74. The maximum Gasteiger partial charge on any atom is 0.170 e. The minimum atomic E-state index is 0.504. The monoisotopic (exact) mass is 378 g/mol. The minimum absolute atomic E-state index is 0.504. The average molecular weight is 379 g/mol. The zero-order valence-electron chi connectivity index (χ0n) is 14.2. The molecule has 0 bridgehead atoms. The topological polar surface area (TPSA) is 24.1 Å². The van der Waals surface area contributed by atoms with E-state index in [2.05, 4.69) is 61.7 Å². The second kappa shape index (κ2) is 9.30. The molecule has 0 amide bonds. The van der Waals surface area contributed by atoms with Crippen LogP contribution in [0, 0.1) is 19.8 Å². The van der Waals surface area contributed by atoms with Gasteiger partial charge in [-0.1, -0.05) is 30.7 Å². The highest BCUT2D eigenvalue weighted by molar-refractivity contribution is 7.99. The van der Waals surface area contributed by atoms with Crippen LogP contribution in [0.5, 0.6) is 0 Å². The maximum absolute atomic E-state index is 5.91. The van der Waals surface area contributed by atoms with E-state index in [-0.39, 0.29) is 0 Å². The van der Waals surface area contributed by atoms with E-state index in [0.717, 1.165) is 23.0 Å². The van der Waals surface area contributed by atoms with Crippen molar-refractivity contribution in [2.24, 2.45) is 5.92 Å². The predicted molar refractivity (Wildman–Crippen MR) is 111 cm³/mol. The molecule has 2 nitrogen and oxygen atoms in total. The summed E-state index contributed by atoms with van der Waals surface area (Å²) in [5.41, 5.74) is 3.48. The first-order valence-electron chi connectivity index (χ1n) is 7.94. The maximum atomic E-state index is 5.91. The lowest BCUT2D eigenvalue weighted by Gasteiger charge is -2.16. The lowest BCUT2D eigenvalue weighted by molar-refractivity contribution is 0.637. The van der Waals surface area contributed by atoms with E-state index in [0.29, 0.717) is 11.0 Å². The Morgan fingerprint density at radius 1 is 1.17 bits per heavy atom. The molecule has 0 heterocycles. The number of nitrogens with one attached hydrogen (secondary N) is 2. The van der Waals surface area contributed by atoms with E-state index in [1.807, 2.05) is 23.9 Å². The highest BCUT2D eigenvalue weighted by Crippen LogP contribution is 2.22. The SMILES string of the molecule is Cc1ccc(C)c(NC(=S)NC[C@@H](C)CSc2ccc(Cl)cc2)c1. The summed E-state index contributed by atoms with van der Waals surface area (Å²) in [6, 6.07) is 14.3. The number of aryl methyl sites for hydroxylation is 2. The highest BCUT2D eigenvalue weighted by Gasteiger charge is 2.06. The smallest absolute Gasteiger partial charge is 0.170 e. The Morgan fingerprint density at radius 2 is 1.88 bits per heavy atom. The second-order valence-electron chi connectivity index (χ2n) is 6.02. The van der Waals surface area contributed by atoms with E-state index >= 15 is 0 Å². The fourth-order valence-electron chi connectivity index (χ4n) is 2.13. The molecule has 0 aliphatic heterocycles. The molecule has 0 saturated carbocycles. The standard InChI is InChI=1S/C19H23ClN2S2/c1-13-4-5-15(3)18(10-13)22-19(23)21-11-14(2)12-24-17-8-6-16(20)7-9-17/h4-10,14H,11-12H2,1-3H3,(H2,21,22,23)/t14-/m1/s1. The van der Waals surface area contributed by atoms with Gasteiger partial charge < -0.3 is 10.6 Å². The fraction of sp³-hybridized carbons (Fsp3) is 0.316. The Bertz CT molecular complexity index is 686. The summed E-state index contributed by atoms with van der Waals surface area (Å²) in [6.07, 6.45) is 0. The molecule has 128 valence electrons. The number of rotatable bonds is 6.